The van der Waals surface area contributed by atoms with Gasteiger partial charge in [0.15, 0.2) is 0 Å². The number of nitrogens with zero attached hydrogens (tertiary/aromatic N) is 2. The van der Waals surface area contributed by atoms with Crippen LogP contribution < -0.4 is 5.32 Å². The van der Waals surface area contributed by atoms with E-state index in [4.69, 9.17) is 0 Å². The number of carbonyl (C=O) groups excluding carboxylic acids is 1. The Morgan fingerprint density at radius 2 is 1.79 bits per heavy atom. The predicted octanol–water partition coefficient (Wildman–Crippen LogP) is 4.50. The number of halogens is 1. The quantitative estimate of drug-likeness (QED) is 0.594. The number of rotatable bonds is 6. The normalized spacial score (nSPS) is 17.0. The number of amides is 1. The summed E-state index contributed by atoms with van der Waals surface area (Å²) < 4.78 is 0.639. The Hall–Kier alpha value is -2.02. The molecule has 1 saturated heterocycles. The van der Waals surface area contributed by atoms with Crippen LogP contribution in [-0.4, -0.2) is 34.9 Å². The second-order valence-corrected chi connectivity index (χ2v) is 8.90. The first kappa shape index (κ1) is 19.3. The van der Waals surface area contributed by atoms with E-state index in [1.54, 1.807) is 0 Å². The third-order valence-electron chi connectivity index (χ3n) is 4.89. The van der Waals surface area contributed by atoms with Crippen molar-refractivity contribution in [3.8, 4) is 0 Å². The molecule has 1 amide bonds. The number of likely N-dealkylation sites (tertiary alicyclic amines) is 1. The van der Waals surface area contributed by atoms with Crippen LogP contribution in [-0.2, 0) is 13.0 Å². The fraction of sp³-hybridized carbons (Fsp3) is 0.273. The van der Waals surface area contributed by atoms with Gasteiger partial charge in [-0.15, -0.1) is 11.3 Å². The summed E-state index contributed by atoms with van der Waals surface area (Å²) in [5.41, 5.74) is 2.51. The minimum absolute atomic E-state index is 0.0322. The van der Waals surface area contributed by atoms with Gasteiger partial charge in [-0.2, -0.15) is 0 Å². The molecule has 1 N–H and O–H groups in total. The van der Waals surface area contributed by atoms with E-state index in [9.17, 15) is 4.79 Å². The number of benzene rings is 2. The van der Waals surface area contributed by atoms with Gasteiger partial charge in [0.1, 0.15) is 9.48 Å². The van der Waals surface area contributed by atoms with Crippen molar-refractivity contribution in [1.29, 1.82) is 0 Å². The van der Waals surface area contributed by atoms with Crippen molar-refractivity contribution in [1.82, 2.24) is 15.2 Å². The number of hydrogen-bond acceptors (Lipinski definition) is 4. The zero-order valence-electron chi connectivity index (χ0n) is 15.5. The Morgan fingerprint density at radius 3 is 2.50 bits per heavy atom. The number of nitrogens with one attached hydrogen (secondary N) is 1. The first-order chi connectivity index (χ1) is 13.7. The number of carbonyl (C=O) groups is 1. The molecule has 1 aromatic heterocycles. The van der Waals surface area contributed by atoms with Gasteiger partial charge in [0.05, 0.1) is 5.01 Å². The molecule has 0 bridgehead atoms. The topological polar surface area (TPSA) is 45.2 Å². The van der Waals surface area contributed by atoms with Gasteiger partial charge < -0.3 is 5.32 Å². The molecule has 1 aliphatic heterocycles. The van der Waals surface area contributed by atoms with Crippen molar-refractivity contribution in [2.75, 3.05) is 13.1 Å². The van der Waals surface area contributed by atoms with Gasteiger partial charge in [-0.3, -0.25) is 9.69 Å². The molecule has 2 heterocycles. The number of thiazole rings is 1. The zero-order valence-corrected chi connectivity index (χ0v) is 17.9. The Labute approximate surface area is 177 Å². The van der Waals surface area contributed by atoms with Crippen LogP contribution in [0.1, 0.15) is 32.2 Å². The highest BCUT2D eigenvalue weighted by Gasteiger charge is 2.26. The van der Waals surface area contributed by atoms with E-state index in [0.717, 1.165) is 37.5 Å². The van der Waals surface area contributed by atoms with Gasteiger partial charge in [-0.1, -0.05) is 60.7 Å². The molecule has 0 aliphatic carbocycles. The van der Waals surface area contributed by atoms with Crippen molar-refractivity contribution < 1.29 is 4.79 Å². The van der Waals surface area contributed by atoms with Gasteiger partial charge in [0, 0.05) is 32.1 Å². The van der Waals surface area contributed by atoms with Crippen LogP contribution in [0.5, 0.6) is 0 Å². The molecule has 6 heteroatoms. The Morgan fingerprint density at radius 1 is 1.11 bits per heavy atom. The standard InChI is InChI=1S/C22H22BrN3OS/c23-21-20(28-19(25-21)13-16-7-3-1-4-8-16)22(27)24-18-11-12-26(15-18)14-17-9-5-2-6-10-17/h1-10,18H,11-15H2,(H,24,27). The lowest BCUT2D eigenvalue weighted by Crippen LogP contribution is -2.36. The largest absolute Gasteiger partial charge is 0.347 e. The average molecular weight is 456 g/mol. The molecule has 4 rings (SSSR count). The lowest BCUT2D eigenvalue weighted by Gasteiger charge is -2.16. The second kappa shape index (κ2) is 8.99. The van der Waals surface area contributed by atoms with E-state index in [2.05, 4.69) is 67.5 Å². The molecule has 3 aromatic rings. The van der Waals surface area contributed by atoms with Crippen molar-refractivity contribution in [3.63, 3.8) is 0 Å². The molecule has 2 aromatic carbocycles. The van der Waals surface area contributed by atoms with E-state index in [1.807, 2.05) is 24.3 Å². The maximum absolute atomic E-state index is 12.8. The van der Waals surface area contributed by atoms with Crippen molar-refractivity contribution in [2.24, 2.45) is 0 Å². The Kier molecular flexibility index (Phi) is 6.20. The highest BCUT2D eigenvalue weighted by Crippen LogP contribution is 2.26. The summed E-state index contributed by atoms with van der Waals surface area (Å²) in [5, 5.41) is 4.13. The van der Waals surface area contributed by atoms with Gasteiger partial charge in [0.2, 0.25) is 0 Å². The van der Waals surface area contributed by atoms with Crippen molar-refractivity contribution >= 4 is 33.2 Å². The van der Waals surface area contributed by atoms with Gasteiger partial charge in [-0.25, -0.2) is 4.98 Å². The summed E-state index contributed by atoms with van der Waals surface area (Å²) in [6.07, 6.45) is 1.72. The maximum Gasteiger partial charge on any atom is 0.264 e. The SMILES string of the molecule is O=C(NC1CCN(Cc2ccccc2)C1)c1sc(Cc2ccccc2)nc1Br. The molecule has 0 radical (unpaired) electrons. The fourth-order valence-electron chi connectivity index (χ4n) is 3.52. The van der Waals surface area contributed by atoms with Crippen LogP contribution >= 0.6 is 27.3 Å². The van der Waals surface area contributed by atoms with Crippen molar-refractivity contribution in [2.45, 2.75) is 25.4 Å². The molecule has 0 spiro atoms. The zero-order chi connectivity index (χ0) is 19.3. The minimum atomic E-state index is -0.0322. The summed E-state index contributed by atoms with van der Waals surface area (Å²) in [7, 11) is 0. The molecule has 144 valence electrons. The van der Waals surface area contributed by atoms with E-state index in [0.29, 0.717) is 9.48 Å². The highest BCUT2D eigenvalue weighted by molar-refractivity contribution is 9.10. The highest BCUT2D eigenvalue weighted by atomic mass is 79.9. The minimum Gasteiger partial charge on any atom is -0.347 e. The number of hydrogen-bond donors (Lipinski definition) is 1. The summed E-state index contributed by atoms with van der Waals surface area (Å²) >= 11 is 4.93. The molecule has 4 nitrogen and oxygen atoms in total. The van der Waals surface area contributed by atoms with Gasteiger partial charge >= 0.3 is 0 Å². The third kappa shape index (κ3) is 4.87. The van der Waals surface area contributed by atoms with Crippen LogP contribution in [0, 0.1) is 0 Å². The predicted molar refractivity (Wildman–Crippen MR) is 117 cm³/mol. The lowest BCUT2D eigenvalue weighted by atomic mass is 10.2. The van der Waals surface area contributed by atoms with Crippen LogP contribution in [0.25, 0.3) is 0 Å². The summed E-state index contributed by atoms with van der Waals surface area (Å²) in [5.74, 6) is -0.0322. The maximum atomic E-state index is 12.8. The second-order valence-electron chi connectivity index (χ2n) is 7.07. The van der Waals surface area contributed by atoms with Gasteiger partial charge in [0.25, 0.3) is 5.91 Å². The molecule has 1 aliphatic rings. The van der Waals surface area contributed by atoms with Crippen LogP contribution in [0.4, 0.5) is 0 Å². The summed E-state index contributed by atoms with van der Waals surface area (Å²) in [6.45, 7) is 2.82. The lowest BCUT2D eigenvalue weighted by molar-refractivity contribution is 0.0941. The summed E-state index contributed by atoms with van der Waals surface area (Å²) in [4.78, 5) is 20.4. The first-order valence-electron chi connectivity index (χ1n) is 9.43. The van der Waals surface area contributed by atoms with E-state index in [1.165, 1.54) is 22.5 Å². The first-order valence-corrected chi connectivity index (χ1v) is 11.0. The molecular formula is C22H22BrN3OS. The van der Waals surface area contributed by atoms with Crippen LogP contribution in [0.15, 0.2) is 65.3 Å². The molecular weight excluding hydrogens is 434 g/mol. The monoisotopic (exact) mass is 455 g/mol. The molecule has 1 atom stereocenters. The van der Waals surface area contributed by atoms with Crippen LogP contribution in [0.2, 0.25) is 0 Å². The fourth-order valence-corrected chi connectivity index (χ4v) is 5.16. The third-order valence-corrected chi connectivity index (χ3v) is 6.78. The van der Waals surface area contributed by atoms with Crippen molar-refractivity contribution in [3.05, 3.63) is 86.3 Å². The summed E-state index contributed by atoms with van der Waals surface area (Å²) in [6, 6.07) is 20.9. The van der Waals surface area contributed by atoms with E-state index >= 15 is 0 Å². The van der Waals surface area contributed by atoms with E-state index in [-0.39, 0.29) is 11.9 Å². The molecule has 1 fully saturated rings. The van der Waals surface area contributed by atoms with Crippen LogP contribution in [0.3, 0.4) is 0 Å². The molecule has 1 unspecified atom stereocenters. The average Bonchev–Trinajstić information content (AvgIpc) is 3.29. The van der Waals surface area contributed by atoms with Gasteiger partial charge in [-0.05, 0) is 33.5 Å². The Balaban J connectivity index is 1.34. The molecule has 0 saturated carbocycles. The number of aromatic nitrogens is 1. The molecule has 28 heavy (non-hydrogen) atoms. The van der Waals surface area contributed by atoms with E-state index < -0.39 is 0 Å². The smallest absolute Gasteiger partial charge is 0.264 e. The Bertz CT molecular complexity index is 929.